The lowest BCUT2D eigenvalue weighted by Crippen LogP contribution is -2.17. The van der Waals surface area contributed by atoms with Gasteiger partial charge in [-0.3, -0.25) is 19.9 Å². The molecule has 29 heavy (non-hydrogen) atoms. The molecule has 3 heterocycles. The fourth-order valence-corrected chi connectivity index (χ4v) is 3.66. The molecule has 0 aliphatic carbocycles. The van der Waals surface area contributed by atoms with Crippen molar-refractivity contribution in [1.29, 1.82) is 0 Å². The highest BCUT2D eigenvalue weighted by molar-refractivity contribution is 8.18. The van der Waals surface area contributed by atoms with Gasteiger partial charge in [0.25, 0.3) is 16.4 Å². The van der Waals surface area contributed by atoms with Gasteiger partial charge in [-0.1, -0.05) is 23.9 Å². The molecule has 10 heteroatoms. The molecule has 0 radical (unpaired) electrons. The van der Waals surface area contributed by atoms with Gasteiger partial charge in [-0.15, -0.1) is 10.2 Å². The number of carbonyl (C=O) groups is 2. The van der Waals surface area contributed by atoms with Gasteiger partial charge in [0.15, 0.2) is 0 Å². The Hall–Kier alpha value is -3.11. The zero-order chi connectivity index (χ0) is 20.1. The topological polar surface area (TPSA) is 107 Å². The molecule has 1 saturated heterocycles. The third-order valence-corrected chi connectivity index (χ3v) is 5.32. The summed E-state index contributed by atoms with van der Waals surface area (Å²) in [6.07, 6.45) is 5.01. The Bertz CT molecular complexity index is 1050. The van der Waals surface area contributed by atoms with Crippen LogP contribution in [0.5, 0.6) is 5.75 Å². The number of benzene rings is 1. The summed E-state index contributed by atoms with van der Waals surface area (Å²) < 4.78 is 11.3. The Morgan fingerprint density at radius 2 is 1.90 bits per heavy atom. The highest BCUT2D eigenvalue weighted by Crippen LogP contribution is 2.26. The van der Waals surface area contributed by atoms with Crippen LogP contribution in [0.25, 0.3) is 17.5 Å². The van der Waals surface area contributed by atoms with E-state index in [1.165, 1.54) is 11.8 Å². The number of carbonyl (C=O) groups excluding carboxylic acids is 2. The Labute approximate surface area is 174 Å². The van der Waals surface area contributed by atoms with Crippen molar-refractivity contribution in [2.45, 2.75) is 5.22 Å². The molecule has 1 aromatic carbocycles. The van der Waals surface area contributed by atoms with E-state index in [1.54, 1.807) is 30.6 Å². The minimum absolute atomic E-state index is 0.354. The molecule has 0 atom stereocenters. The lowest BCUT2D eigenvalue weighted by atomic mass is 10.2. The number of ether oxygens (including phenoxy) is 1. The van der Waals surface area contributed by atoms with E-state index >= 15 is 0 Å². The molecule has 0 unspecified atom stereocenters. The Balaban J connectivity index is 1.25. The fourth-order valence-electron chi connectivity index (χ4n) is 2.40. The molecule has 1 N–H and O–H groups in total. The number of hydrogen-bond acceptors (Lipinski definition) is 9. The van der Waals surface area contributed by atoms with Crippen molar-refractivity contribution in [1.82, 2.24) is 20.5 Å². The first-order chi connectivity index (χ1) is 14.2. The lowest BCUT2D eigenvalue weighted by molar-refractivity contribution is -0.115. The van der Waals surface area contributed by atoms with E-state index in [0.29, 0.717) is 34.1 Å². The number of rotatable bonds is 7. The third-order valence-electron chi connectivity index (χ3n) is 3.73. The van der Waals surface area contributed by atoms with Crippen LogP contribution >= 0.6 is 23.5 Å². The molecule has 1 aliphatic heterocycles. The van der Waals surface area contributed by atoms with Crippen LogP contribution in [0.4, 0.5) is 4.79 Å². The maximum atomic E-state index is 11.6. The molecule has 1 fully saturated rings. The average molecular weight is 426 g/mol. The highest BCUT2D eigenvalue weighted by atomic mass is 32.2. The van der Waals surface area contributed by atoms with Gasteiger partial charge >= 0.3 is 0 Å². The minimum Gasteiger partial charge on any atom is -0.493 e. The van der Waals surface area contributed by atoms with Crippen LogP contribution in [0.3, 0.4) is 0 Å². The molecule has 8 nitrogen and oxygen atoms in total. The first-order valence-corrected chi connectivity index (χ1v) is 10.3. The second-order valence-corrected chi connectivity index (χ2v) is 7.79. The summed E-state index contributed by atoms with van der Waals surface area (Å²) in [5.41, 5.74) is 1.64. The Morgan fingerprint density at radius 3 is 2.62 bits per heavy atom. The van der Waals surface area contributed by atoms with Crippen molar-refractivity contribution in [3.63, 3.8) is 0 Å². The molecule has 0 spiro atoms. The molecular weight excluding hydrogens is 412 g/mol. The van der Waals surface area contributed by atoms with Gasteiger partial charge in [0.1, 0.15) is 5.75 Å². The summed E-state index contributed by atoms with van der Waals surface area (Å²) >= 11 is 2.30. The van der Waals surface area contributed by atoms with Gasteiger partial charge in [-0.25, -0.2) is 0 Å². The van der Waals surface area contributed by atoms with Crippen LogP contribution in [0, 0.1) is 0 Å². The molecule has 4 rings (SSSR count). The first-order valence-electron chi connectivity index (χ1n) is 8.52. The van der Waals surface area contributed by atoms with Crippen molar-refractivity contribution in [2.75, 3.05) is 12.4 Å². The quantitative estimate of drug-likeness (QED) is 0.344. The van der Waals surface area contributed by atoms with Crippen molar-refractivity contribution in [2.24, 2.45) is 0 Å². The van der Waals surface area contributed by atoms with Crippen molar-refractivity contribution < 1.29 is 18.7 Å². The molecule has 2 aromatic heterocycles. The summed E-state index contributed by atoms with van der Waals surface area (Å²) in [5.74, 6) is 1.43. The average Bonchev–Trinajstić information content (AvgIpc) is 3.33. The molecular formula is C19H14N4O4S2. The summed E-state index contributed by atoms with van der Waals surface area (Å²) in [6.45, 7) is 0.463. The number of amides is 2. The first kappa shape index (κ1) is 19.2. The SMILES string of the molecule is O=C1NC(=O)/C(=C/c2ccc(OCCSc3nnc(-c4ccncc4)o3)cc2)S1. The van der Waals surface area contributed by atoms with Gasteiger partial charge in [0, 0.05) is 23.7 Å². The van der Waals surface area contributed by atoms with Crippen molar-refractivity contribution >= 4 is 40.7 Å². The molecule has 0 bridgehead atoms. The van der Waals surface area contributed by atoms with Crippen molar-refractivity contribution in [3.05, 3.63) is 59.3 Å². The van der Waals surface area contributed by atoms with Gasteiger partial charge < -0.3 is 9.15 Å². The van der Waals surface area contributed by atoms with E-state index in [-0.39, 0.29) is 11.1 Å². The number of hydrogen-bond donors (Lipinski definition) is 1. The molecule has 1 aliphatic rings. The summed E-state index contributed by atoms with van der Waals surface area (Å²) in [5, 5.41) is 10.4. The Kier molecular flexibility index (Phi) is 5.92. The van der Waals surface area contributed by atoms with E-state index in [0.717, 1.165) is 22.9 Å². The van der Waals surface area contributed by atoms with Crippen LogP contribution in [0.1, 0.15) is 5.56 Å². The number of pyridine rings is 1. The Morgan fingerprint density at radius 1 is 1.10 bits per heavy atom. The normalized spacial score (nSPS) is 15.0. The number of thioether (sulfide) groups is 2. The van der Waals surface area contributed by atoms with E-state index in [1.807, 2.05) is 24.3 Å². The zero-order valence-corrected chi connectivity index (χ0v) is 16.5. The number of nitrogens with one attached hydrogen (secondary N) is 1. The molecule has 0 saturated carbocycles. The van der Waals surface area contributed by atoms with Crippen molar-refractivity contribution in [3.8, 4) is 17.2 Å². The van der Waals surface area contributed by atoms with Crippen LogP contribution in [-0.2, 0) is 4.79 Å². The number of imide groups is 1. The molecule has 146 valence electrons. The van der Waals surface area contributed by atoms with E-state index in [2.05, 4.69) is 20.5 Å². The maximum Gasteiger partial charge on any atom is 0.290 e. The zero-order valence-electron chi connectivity index (χ0n) is 14.9. The fraction of sp³-hybridized carbons (Fsp3) is 0.105. The molecule has 2 amide bonds. The summed E-state index contributed by atoms with van der Waals surface area (Å²) in [4.78, 5) is 27.1. The summed E-state index contributed by atoms with van der Waals surface area (Å²) in [6, 6.07) is 10.9. The lowest BCUT2D eigenvalue weighted by Gasteiger charge is -2.05. The molecule has 3 aromatic rings. The second kappa shape index (κ2) is 8.93. The van der Waals surface area contributed by atoms with E-state index in [4.69, 9.17) is 9.15 Å². The highest BCUT2D eigenvalue weighted by Gasteiger charge is 2.24. The third kappa shape index (κ3) is 5.04. The minimum atomic E-state index is -0.370. The van der Waals surface area contributed by atoms with Crippen LogP contribution in [-0.4, -0.2) is 38.7 Å². The van der Waals surface area contributed by atoms with Gasteiger partial charge in [0.2, 0.25) is 5.89 Å². The smallest absolute Gasteiger partial charge is 0.290 e. The largest absolute Gasteiger partial charge is 0.493 e. The monoisotopic (exact) mass is 426 g/mol. The van der Waals surface area contributed by atoms with Gasteiger partial charge in [-0.05, 0) is 47.7 Å². The predicted octanol–water partition coefficient (Wildman–Crippen LogP) is 3.63. The second-order valence-electron chi connectivity index (χ2n) is 5.73. The van der Waals surface area contributed by atoms with E-state index < -0.39 is 0 Å². The maximum absolute atomic E-state index is 11.6. The van der Waals surface area contributed by atoms with Crippen LogP contribution in [0.2, 0.25) is 0 Å². The van der Waals surface area contributed by atoms with E-state index in [9.17, 15) is 9.59 Å². The van der Waals surface area contributed by atoms with Crippen LogP contribution < -0.4 is 10.1 Å². The van der Waals surface area contributed by atoms with Gasteiger partial charge in [0.05, 0.1) is 11.5 Å². The van der Waals surface area contributed by atoms with Crippen LogP contribution in [0.15, 0.2) is 63.3 Å². The predicted molar refractivity (Wildman–Crippen MR) is 109 cm³/mol. The van der Waals surface area contributed by atoms with Gasteiger partial charge in [-0.2, -0.15) is 0 Å². The number of nitrogens with zero attached hydrogens (tertiary/aromatic N) is 3. The number of aromatic nitrogens is 3. The summed E-state index contributed by atoms with van der Waals surface area (Å²) in [7, 11) is 0. The standard InChI is InChI=1S/C19H14N4O4S2/c24-16-15(29-18(25)21-16)11-12-1-3-14(4-2-12)26-9-10-28-19-23-22-17(27-19)13-5-7-20-8-6-13/h1-8,11H,9-10H2,(H,21,24,25)/b15-11-.